The van der Waals surface area contributed by atoms with Crippen molar-refractivity contribution in [1.29, 1.82) is 0 Å². The van der Waals surface area contributed by atoms with Gasteiger partial charge in [0.05, 0.1) is 22.5 Å². The van der Waals surface area contributed by atoms with E-state index in [1.54, 1.807) is 47.8 Å². The first-order valence-corrected chi connectivity index (χ1v) is 25.8. The molecule has 22 heteroatoms. The normalized spacial score (nSPS) is 21.0. The molecule has 0 N–H and O–H groups in total. The number of piperidine rings is 2. The molecular weight excluding hydrogens is 955 g/mol. The number of halogens is 6. The molecule has 4 atom stereocenters. The topological polar surface area (TPSA) is 126 Å². The molecule has 70 heavy (non-hydrogen) atoms. The molecule has 0 spiro atoms. The lowest BCUT2D eigenvalue weighted by molar-refractivity contribution is -0.138. The summed E-state index contributed by atoms with van der Waals surface area (Å²) in [5.41, 5.74) is 2.18. The number of aromatic nitrogens is 8. The molecule has 4 aliphatic rings. The minimum absolute atomic E-state index is 0.361. The van der Waals surface area contributed by atoms with Crippen molar-refractivity contribution in [3.05, 3.63) is 83.8 Å². The molecular formula is C48H58F6N12O2S2. The lowest BCUT2D eigenvalue weighted by Gasteiger charge is -2.39. The highest BCUT2D eigenvalue weighted by atomic mass is 32.2. The Kier molecular flexibility index (Phi) is 15.2. The SMILES string of the molecule is Cc1ncoc1-c1nnc(SCCCN2C[C@@H]3CCCN(c4ccc(C(F)(F)F)cc4)[C@@H]3C2)n1C.Cc1ncoc1-c1nnc(SCCCN2C[C@H]3CCCN(c4ccc(C(F)(F)F)cc4)[C@H]3C2)n1C. The van der Waals surface area contributed by atoms with E-state index in [0.717, 1.165) is 123 Å². The predicted molar refractivity (Wildman–Crippen MR) is 257 cm³/mol. The summed E-state index contributed by atoms with van der Waals surface area (Å²) < 4.78 is 92.5. The number of alkyl halides is 6. The van der Waals surface area contributed by atoms with Gasteiger partial charge >= 0.3 is 12.4 Å². The Labute approximate surface area is 411 Å². The van der Waals surface area contributed by atoms with Gasteiger partial charge in [-0.25, -0.2) is 9.97 Å². The van der Waals surface area contributed by atoms with E-state index in [1.807, 2.05) is 37.1 Å². The van der Waals surface area contributed by atoms with Gasteiger partial charge in [0.15, 0.2) is 34.6 Å². The number of likely N-dealkylation sites (tertiary alicyclic amines) is 2. The van der Waals surface area contributed by atoms with Gasteiger partial charge in [-0.1, -0.05) is 23.5 Å². The highest BCUT2D eigenvalue weighted by Gasteiger charge is 2.41. The highest BCUT2D eigenvalue weighted by Crippen LogP contribution is 2.39. The van der Waals surface area contributed by atoms with Gasteiger partial charge < -0.3 is 37.6 Å². The number of oxazole rings is 2. The fourth-order valence-corrected chi connectivity index (χ4v) is 12.1. The van der Waals surface area contributed by atoms with Crippen LogP contribution in [0.1, 0.15) is 61.0 Å². The molecule has 0 radical (unpaired) electrons. The fourth-order valence-electron chi connectivity index (χ4n) is 10.4. The number of anilines is 2. The summed E-state index contributed by atoms with van der Waals surface area (Å²) in [6, 6.07) is 12.0. The molecule has 8 heterocycles. The van der Waals surface area contributed by atoms with Crippen LogP contribution in [-0.4, -0.2) is 125 Å². The number of fused-ring (bicyclic) bond motifs is 2. The summed E-state index contributed by atoms with van der Waals surface area (Å²) in [6.07, 6.45) is 0.778. The van der Waals surface area contributed by atoms with E-state index in [0.29, 0.717) is 47.1 Å². The molecule has 2 aromatic carbocycles. The van der Waals surface area contributed by atoms with Crippen LogP contribution in [0.15, 0.2) is 80.5 Å². The van der Waals surface area contributed by atoms with Gasteiger partial charge in [-0.3, -0.25) is 0 Å². The zero-order valence-electron chi connectivity index (χ0n) is 39.7. The van der Waals surface area contributed by atoms with Gasteiger partial charge in [-0.2, -0.15) is 26.3 Å². The minimum Gasteiger partial charge on any atom is -0.440 e. The standard InChI is InChI=1S/2C24H29F3N6OS/c2*1-16-21(34-15-28-16)22-29-30-23(31(22)2)35-12-4-10-32-13-17-5-3-11-33(20(17)14-32)19-8-6-18(7-9-19)24(25,26)27/h2*6-9,15,17,20H,3-5,10-14H2,1-2H3/t2*17-,20+/m10/s1. The van der Waals surface area contributed by atoms with Crippen LogP contribution in [0.4, 0.5) is 37.7 Å². The van der Waals surface area contributed by atoms with E-state index in [-0.39, 0.29) is 0 Å². The van der Waals surface area contributed by atoms with E-state index in [1.165, 1.54) is 49.9 Å². The van der Waals surface area contributed by atoms with Crippen LogP contribution in [-0.2, 0) is 26.4 Å². The van der Waals surface area contributed by atoms with Gasteiger partial charge in [0.2, 0.25) is 11.6 Å². The van der Waals surface area contributed by atoms with Crippen molar-refractivity contribution in [2.45, 2.75) is 87.1 Å². The summed E-state index contributed by atoms with van der Waals surface area (Å²) in [5.74, 6) is 5.61. The van der Waals surface area contributed by atoms with Crippen LogP contribution in [0.3, 0.4) is 0 Å². The average Bonchev–Trinajstić information content (AvgIpc) is 4.22. The van der Waals surface area contributed by atoms with Gasteiger partial charge in [0.25, 0.3) is 0 Å². The van der Waals surface area contributed by atoms with Gasteiger partial charge in [-0.05, 0) is 126 Å². The van der Waals surface area contributed by atoms with Crippen LogP contribution < -0.4 is 9.80 Å². The number of rotatable bonds is 14. The Morgan fingerprint density at radius 3 is 1.33 bits per heavy atom. The number of nitrogens with zero attached hydrogens (tertiary/aromatic N) is 12. The van der Waals surface area contributed by atoms with Gasteiger partial charge in [-0.15, -0.1) is 20.4 Å². The summed E-state index contributed by atoms with van der Waals surface area (Å²) in [5, 5.41) is 18.8. The Hall–Kier alpha value is -5.06. The Bertz CT molecular complexity index is 2470. The first-order valence-electron chi connectivity index (χ1n) is 23.8. The first-order chi connectivity index (χ1) is 33.6. The first kappa shape index (κ1) is 49.9. The highest BCUT2D eigenvalue weighted by molar-refractivity contribution is 7.99. The third-order valence-electron chi connectivity index (χ3n) is 14.0. The summed E-state index contributed by atoms with van der Waals surface area (Å²) in [4.78, 5) is 17.9. The van der Waals surface area contributed by atoms with Crippen LogP contribution in [0.25, 0.3) is 23.2 Å². The largest absolute Gasteiger partial charge is 0.440 e. The molecule has 0 aliphatic carbocycles. The molecule has 0 bridgehead atoms. The minimum atomic E-state index is -4.30. The van der Waals surface area contributed by atoms with Crippen molar-refractivity contribution in [2.75, 3.05) is 73.7 Å². The lowest BCUT2D eigenvalue weighted by Crippen LogP contribution is -2.45. The lowest BCUT2D eigenvalue weighted by atomic mass is 9.91. The maximum atomic E-state index is 13.0. The maximum absolute atomic E-state index is 13.0. The predicted octanol–water partition coefficient (Wildman–Crippen LogP) is 9.76. The summed E-state index contributed by atoms with van der Waals surface area (Å²) in [6.45, 7) is 11.5. The molecule has 4 aromatic heterocycles. The van der Waals surface area contributed by atoms with Crippen molar-refractivity contribution in [3.8, 4) is 23.2 Å². The fraction of sp³-hybridized carbons (Fsp3) is 0.542. The molecule has 0 saturated carbocycles. The third kappa shape index (κ3) is 11.2. The van der Waals surface area contributed by atoms with Crippen LogP contribution >= 0.6 is 23.5 Å². The summed E-state index contributed by atoms with van der Waals surface area (Å²) in [7, 11) is 3.86. The molecule has 0 unspecified atom stereocenters. The number of hydrogen-bond acceptors (Lipinski definition) is 14. The van der Waals surface area contributed by atoms with Crippen molar-refractivity contribution in [2.24, 2.45) is 25.9 Å². The van der Waals surface area contributed by atoms with Crippen LogP contribution in [0, 0.1) is 25.7 Å². The number of thioether (sulfide) groups is 2. The van der Waals surface area contributed by atoms with Crippen LogP contribution in [0.2, 0.25) is 0 Å². The molecule has 376 valence electrons. The Morgan fingerprint density at radius 2 is 0.971 bits per heavy atom. The zero-order valence-corrected chi connectivity index (χ0v) is 41.3. The zero-order chi connectivity index (χ0) is 49.2. The van der Waals surface area contributed by atoms with Crippen molar-refractivity contribution < 1.29 is 35.2 Å². The average molecular weight is 1010 g/mol. The second kappa shape index (κ2) is 21.3. The second-order valence-electron chi connectivity index (χ2n) is 18.6. The van der Waals surface area contributed by atoms with E-state index in [9.17, 15) is 26.3 Å². The van der Waals surface area contributed by atoms with Crippen molar-refractivity contribution in [3.63, 3.8) is 0 Å². The van der Waals surface area contributed by atoms with Gasteiger partial charge in [0, 0.05) is 88.3 Å². The summed E-state index contributed by atoms with van der Waals surface area (Å²) >= 11 is 3.36. The van der Waals surface area contributed by atoms with E-state index in [2.05, 4.69) is 50.0 Å². The number of aryl methyl sites for hydroxylation is 2. The van der Waals surface area contributed by atoms with Crippen molar-refractivity contribution in [1.82, 2.24) is 49.3 Å². The molecule has 4 saturated heterocycles. The molecule has 4 fully saturated rings. The molecule has 6 aromatic rings. The maximum Gasteiger partial charge on any atom is 0.416 e. The monoisotopic (exact) mass is 1010 g/mol. The third-order valence-corrected chi connectivity index (χ3v) is 16.2. The Morgan fingerprint density at radius 1 is 0.571 bits per heavy atom. The molecule has 4 aliphatic heterocycles. The van der Waals surface area contributed by atoms with E-state index in [4.69, 9.17) is 8.83 Å². The van der Waals surface area contributed by atoms with E-state index >= 15 is 0 Å². The van der Waals surface area contributed by atoms with Crippen LogP contribution in [0.5, 0.6) is 0 Å². The van der Waals surface area contributed by atoms with Crippen molar-refractivity contribution >= 4 is 34.9 Å². The number of benzene rings is 2. The Balaban J connectivity index is 0.000000174. The second-order valence-corrected chi connectivity index (χ2v) is 20.7. The quantitative estimate of drug-likeness (QED) is 0.0584. The molecule has 0 amide bonds. The molecule has 10 rings (SSSR count). The van der Waals surface area contributed by atoms with E-state index < -0.39 is 23.5 Å². The number of hydrogen-bond donors (Lipinski definition) is 0. The van der Waals surface area contributed by atoms with Gasteiger partial charge in [0.1, 0.15) is 0 Å². The molecule has 14 nitrogen and oxygen atoms in total. The smallest absolute Gasteiger partial charge is 0.416 e.